The Balaban J connectivity index is 2.41. The molecule has 1 aliphatic heterocycles. The highest BCUT2D eigenvalue weighted by Crippen LogP contribution is 2.32. The number of hydrogen-bond donors (Lipinski definition) is 0. The minimum Gasteiger partial charge on any atom is -0.207 e. The molecule has 2 atom stereocenters. The third-order valence-electron chi connectivity index (χ3n) is 4.02. The molecular formula is C16H23NO2S. The topological polar surface area (TPSA) is 37.4 Å². The van der Waals surface area contributed by atoms with E-state index in [0.717, 1.165) is 24.0 Å². The van der Waals surface area contributed by atoms with E-state index in [-0.39, 0.29) is 6.04 Å². The number of aryl methyl sites for hydroxylation is 1. The number of rotatable bonds is 3. The molecule has 1 aromatic carbocycles. The van der Waals surface area contributed by atoms with Gasteiger partial charge in [-0.2, -0.15) is 4.31 Å². The molecule has 0 N–H and O–H groups in total. The first-order valence-electron chi connectivity index (χ1n) is 7.08. The molecule has 110 valence electrons. The van der Waals surface area contributed by atoms with Gasteiger partial charge >= 0.3 is 0 Å². The van der Waals surface area contributed by atoms with Gasteiger partial charge in [-0.3, -0.25) is 0 Å². The number of benzene rings is 1. The first kappa shape index (κ1) is 15.3. The molecule has 0 unspecified atom stereocenters. The van der Waals surface area contributed by atoms with Gasteiger partial charge in [0.1, 0.15) is 0 Å². The molecule has 1 fully saturated rings. The van der Waals surface area contributed by atoms with E-state index in [1.54, 1.807) is 16.4 Å². The quantitative estimate of drug-likeness (QED) is 0.801. The fourth-order valence-corrected chi connectivity index (χ4v) is 4.80. The second-order valence-corrected chi connectivity index (χ2v) is 7.73. The fourth-order valence-electron chi connectivity index (χ4n) is 3.00. The van der Waals surface area contributed by atoms with Crippen LogP contribution in [0.5, 0.6) is 0 Å². The molecule has 1 heterocycles. The van der Waals surface area contributed by atoms with E-state index in [4.69, 9.17) is 0 Å². The van der Waals surface area contributed by atoms with Crippen molar-refractivity contribution >= 4 is 10.0 Å². The Morgan fingerprint density at radius 2 is 1.90 bits per heavy atom. The smallest absolute Gasteiger partial charge is 0.207 e. The van der Waals surface area contributed by atoms with Crippen molar-refractivity contribution in [2.24, 2.45) is 5.92 Å². The summed E-state index contributed by atoms with van der Waals surface area (Å²) in [6, 6.07) is 6.99. The highest BCUT2D eigenvalue weighted by atomic mass is 32.2. The third-order valence-corrected chi connectivity index (χ3v) is 5.91. The molecule has 0 aromatic heterocycles. The largest absolute Gasteiger partial charge is 0.243 e. The summed E-state index contributed by atoms with van der Waals surface area (Å²) in [5, 5.41) is 0. The van der Waals surface area contributed by atoms with Crippen LogP contribution >= 0.6 is 0 Å². The maximum Gasteiger partial charge on any atom is 0.243 e. The average Bonchev–Trinajstić information content (AvgIpc) is 2.38. The predicted octanol–water partition coefficient (Wildman–Crippen LogP) is 3.36. The fraction of sp³-hybridized carbons (Fsp3) is 0.500. The maximum atomic E-state index is 12.8. The van der Waals surface area contributed by atoms with Crippen molar-refractivity contribution in [2.45, 2.75) is 44.6 Å². The first-order valence-corrected chi connectivity index (χ1v) is 8.52. The zero-order valence-corrected chi connectivity index (χ0v) is 13.3. The highest BCUT2D eigenvalue weighted by Gasteiger charge is 2.37. The van der Waals surface area contributed by atoms with E-state index >= 15 is 0 Å². The number of sulfonamides is 1. The molecule has 0 aliphatic carbocycles. The summed E-state index contributed by atoms with van der Waals surface area (Å²) >= 11 is 0. The number of piperidine rings is 1. The van der Waals surface area contributed by atoms with E-state index < -0.39 is 10.0 Å². The van der Waals surface area contributed by atoms with Crippen LogP contribution in [0.4, 0.5) is 0 Å². The summed E-state index contributed by atoms with van der Waals surface area (Å²) in [5.74, 6) is 0.321. The van der Waals surface area contributed by atoms with Gasteiger partial charge in [0.05, 0.1) is 4.90 Å². The van der Waals surface area contributed by atoms with Gasteiger partial charge in [-0.25, -0.2) is 8.42 Å². The normalized spacial score (nSPS) is 24.6. The molecule has 1 aliphatic rings. The van der Waals surface area contributed by atoms with Gasteiger partial charge < -0.3 is 0 Å². The average molecular weight is 293 g/mol. The van der Waals surface area contributed by atoms with Gasteiger partial charge in [0.15, 0.2) is 0 Å². The second-order valence-electron chi connectivity index (χ2n) is 5.84. The van der Waals surface area contributed by atoms with E-state index in [0.29, 0.717) is 17.4 Å². The SMILES string of the molecule is C=C(C)[C@@H]1[C@@H](C)CCCN1S(=O)(=O)c1ccc(C)cc1. The Hall–Kier alpha value is -1.13. The Morgan fingerprint density at radius 1 is 1.30 bits per heavy atom. The molecule has 0 bridgehead atoms. The van der Waals surface area contributed by atoms with Crippen molar-refractivity contribution in [3.8, 4) is 0 Å². The molecule has 1 saturated heterocycles. The highest BCUT2D eigenvalue weighted by molar-refractivity contribution is 7.89. The molecule has 0 saturated carbocycles. The molecule has 3 nitrogen and oxygen atoms in total. The monoisotopic (exact) mass is 293 g/mol. The number of nitrogens with zero attached hydrogens (tertiary/aromatic N) is 1. The van der Waals surface area contributed by atoms with E-state index in [2.05, 4.69) is 13.5 Å². The van der Waals surface area contributed by atoms with Crippen LogP contribution in [0.2, 0.25) is 0 Å². The van der Waals surface area contributed by atoms with Crippen LogP contribution in [-0.2, 0) is 10.0 Å². The van der Waals surface area contributed by atoms with Crippen LogP contribution in [-0.4, -0.2) is 25.3 Å². The van der Waals surface area contributed by atoms with Gasteiger partial charge in [0.25, 0.3) is 0 Å². The van der Waals surface area contributed by atoms with Gasteiger partial charge in [-0.05, 0) is 44.7 Å². The van der Waals surface area contributed by atoms with Crippen molar-refractivity contribution in [3.63, 3.8) is 0 Å². The van der Waals surface area contributed by atoms with E-state index in [1.807, 2.05) is 26.0 Å². The summed E-state index contributed by atoms with van der Waals surface area (Å²) in [4.78, 5) is 0.378. The molecule has 4 heteroatoms. The molecule has 1 aromatic rings. The van der Waals surface area contributed by atoms with Crippen LogP contribution in [0.1, 0.15) is 32.3 Å². The van der Waals surface area contributed by atoms with Gasteiger partial charge in [0, 0.05) is 12.6 Å². The summed E-state index contributed by atoms with van der Waals surface area (Å²) in [5.41, 5.74) is 1.99. The molecular weight excluding hydrogens is 270 g/mol. The van der Waals surface area contributed by atoms with E-state index in [1.165, 1.54) is 0 Å². The minimum absolute atomic E-state index is 0.0879. The van der Waals surface area contributed by atoms with Crippen molar-refractivity contribution in [1.82, 2.24) is 4.31 Å². The number of hydrogen-bond acceptors (Lipinski definition) is 2. The van der Waals surface area contributed by atoms with Crippen LogP contribution in [0.25, 0.3) is 0 Å². The third kappa shape index (κ3) is 2.81. The van der Waals surface area contributed by atoms with Crippen molar-refractivity contribution in [1.29, 1.82) is 0 Å². The standard InChI is InChI=1S/C16H23NO2S/c1-12(2)16-14(4)6-5-11-17(16)20(18,19)15-9-7-13(3)8-10-15/h7-10,14,16H,1,5-6,11H2,2-4H3/t14-,16+/m0/s1. The van der Waals surface area contributed by atoms with Crippen LogP contribution < -0.4 is 0 Å². The zero-order chi connectivity index (χ0) is 14.9. The van der Waals surface area contributed by atoms with Crippen molar-refractivity contribution in [2.75, 3.05) is 6.54 Å². The molecule has 0 amide bonds. The lowest BCUT2D eigenvalue weighted by molar-refractivity contribution is 0.215. The van der Waals surface area contributed by atoms with Crippen molar-refractivity contribution < 1.29 is 8.42 Å². The van der Waals surface area contributed by atoms with Crippen molar-refractivity contribution in [3.05, 3.63) is 42.0 Å². The zero-order valence-electron chi connectivity index (χ0n) is 12.5. The lowest BCUT2D eigenvalue weighted by Gasteiger charge is -2.39. The van der Waals surface area contributed by atoms with Crippen LogP contribution in [0.15, 0.2) is 41.3 Å². The Bertz CT molecular complexity index is 589. The predicted molar refractivity (Wildman–Crippen MR) is 82.1 cm³/mol. The first-order chi connectivity index (χ1) is 9.34. The molecule has 2 rings (SSSR count). The second kappa shape index (κ2) is 5.70. The maximum absolute atomic E-state index is 12.8. The lowest BCUT2D eigenvalue weighted by Crippen LogP contribution is -2.48. The Kier molecular flexibility index (Phi) is 4.35. The molecule has 0 spiro atoms. The summed E-state index contributed by atoms with van der Waals surface area (Å²) in [7, 11) is -3.43. The lowest BCUT2D eigenvalue weighted by atomic mass is 9.89. The Morgan fingerprint density at radius 3 is 2.45 bits per heavy atom. The summed E-state index contributed by atoms with van der Waals surface area (Å²) in [6.07, 6.45) is 1.97. The van der Waals surface area contributed by atoms with Gasteiger partial charge in [-0.15, -0.1) is 0 Å². The Labute approximate surface area is 122 Å². The molecule has 20 heavy (non-hydrogen) atoms. The van der Waals surface area contributed by atoms with Crippen LogP contribution in [0, 0.1) is 12.8 Å². The van der Waals surface area contributed by atoms with E-state index in [9.17, 15) is 8.42 Å². The minimum atomic E-state index is -3.43. The molecule has 0 radical (unpaired) electrons. The van der Waals surface area contributed by atoms with Gasteiger partial charge in [-0.1, -0.05) is 36.8 Å². The van der Waals surface area contributed by atoms with Crippen LogP contribution in [0.3, 0.4) is 0 Å². The summed E-state index contributed by atoms with van der Waals surface area (Å²) < 4.78 is 27.3. The summed E-state index contributed by atoms with van der Waals surface area (Å²) in [6.45, 7) is 10.6. The van der Waals surface area contributed by atoms with Gasteiger partial charge in [0.2, 0.25) is 10.0 Å².